The molecule has 18 heavy (non-hydrogen) atoms. The number of fused-ring (bicyclic) bond motifs is 1. The summed E-state index contributed by atoms with van der Waals surface area (Å²) in [5, 5.41) is 9.96. The molecule has 92 valence electrons. The molecule has 4 nitrogen and oxygen atoms in total. The molecule has 2 aromatic rings. The number of pyridine rings is 1. The zero-order valence-electron chi connectivity index (χ0n) is 10.2. The Kier molecular flexibility index (Phi) is 4.11. The molecule has 0 radical (unpaired) electrons. The summed E-state index contributed by atoms with van der Waals surface area (Å²) < 4.78 is 10.7. The Morgan fingerprint density at radius 1 is 1.28 bits per heavy atom. The summed E-state index contributed by atoms with van der Waals surface area (Å²) in [6.45, 7) is 1.17. The van der Waals surface area contributed by atoms with Crippen LogP contribution in [0.15, 0.2) is 30.5 Å². The molecule has 1 heterocycles. The summed E-state index contributed by atoms with van der Waals surface area (Å²) in [6, 6.07) is 9.75. The van der Waals surface area contributed by atoms with Gasteiger partial charge in [0.1, 0.15) is 17.4 Å². The number of para-hydroxylation sites is 1. The zero-order chi connectivity index (χ0) is 12.8. The van der Waals surface area contributed by atoms with Gasteiger partial charge in [-0.1, -0.05) is 12.1 Å². The van der Waals surface area contributed by atoms with Gasteiger partial charge in [0.05, 0.1) is 12.1 Å². The number of hydrogen-bond donors (Lipinski definition) is 0. The van der Waals surface area contributed by atoms with Gasteiger partial charge in [0.15, 0.2) is 0 Å². The normalized spacial score (nSPS) is 10.2. The minimum Gasteiger partial charge on any atom is -0.491 e. The largest absolute Gasteiger partial charge is 0.491 e. The Labute approximate surface area is 106 Å². The second-order valence-electron chi connectivity index (χ2n) is 3.82. The highest BCUT2D eigenvalue weighted by molar-refractivity contribution is 5.86. The lowest BCUT2D eigenvalue weighted by atomic mass is 10.1. The first kappa shape index (κ1) is 12.3. The number of aromatic nitrogens is 1. The van der Waals surface area contributed by atoms with E-state index in [1.807, 2.05) is 24.3 Å². The van der Waals surface area contributed by atoms with E-state index in [1.165, 1.54) is 0 Å². The second-order valence-corrected chi connectivity index (χ2v) is 3.82. The Bertz CT molecular complexity index is 576. The fourth-order valence-corrected chi connectivity index (χ4v) is 1.73. The van der Waals surface area contributed by atoms with E-state index in [1.54, 1.807) is 13.3 Å². The van der Waals surface area contributed by atoms with E-state index in [9.17, 15) is 0 Å². The van der Waals surface area contributed by atoms with Gasteiger partial charge in [-0.25, -0.2) is 0 Å². The third-order valence-electron chi connectivity index (χ3n) is 2.59. The van der Waals surface area contributed by atoms with Crippen molar-refractivity contribution >= 4 is 10.9 Å². The van der Waals surface area contributed by atoms with Gasteiger partial charge in [-0.15, -0.1) is 0 Å². The van der Waals surface area contributed by atoms with Crippen LogP contribution in [-0.2, 0) is 4.74 Å². The smallest absolute Gasteiger partial charge is 0.148 e. The van der Waals surface area contributed by atoms with Crippen molar-refractivity contribution in [1.82, 2.24) is 4.98 Å². The molecule has 0 bridgehead atoms. The molecule has 4 heteroatoms. The van der Waals surface area contributed by atoms with Crippen LogP contribution in [0.1, 0.15) is 12.0 Å². The van der Waals surface area contributed by atoms with Crippen LogP contribution < -0.4 is 4.74 Å². The average Bonchev–Trinajstić information content (AvgIpc) is 2.43. The van der Waals surface area contributed by atoms with E-state index in [0.717, 1.165) is 17.3 Å². The van der Waals surface area contributed by atoms with Crippen molar-refractivity contribution < 1.29 is 9.47 Å². The van der Waals surface area contributed by atoms with Crippen molar-refractivity contribution in [3.05, 3.63) is 36.0 Å². The van der Waals surface area contributed by atoms with Gasteiger partial charge in [0.2, 0.25) is 0 Å². The highest BCUT2D eigenvalue weighted by atomic mass is 16.5. The number of nitrogens with zero attached hydrogens (tertiary/aromatic N) is 2. The molecule has 0 aliphatic carbocycles. The van der Waals surface area contributed by atoms with Crippen LogP contribution in [0, 0.1) is 11.3 Å². The van der Waals surface area contributed by atoms with Gasteiger partial charge < -0.3 is 9.47 Å². The number of methoxy groups -OCH3 is 1. The fraction of sp³-hybridized carbons (Fsp3) is 0.286. The van der Waals surface area contributed by atoms with Crippen molar-refractivity contribution in [1.29, 1.82) is 5.26 Å². The van der Waals surface area contributed by atoms with Crippen LogP contribution in [-0.4, -0.2) is 25.3 Å². The van der Waals surface area contributed by atoms with E-state index in [2.05, 4.69) is 11.1 Å². The molecule has 0 unspecified atom stereocenters. The molecular weight excluding hydrogens is 228 g/mol. The molecule has 2 rings (SSSR count). The standard InChI is InChI=1S/C14H14N2O2/c1-17-7-4-8-18-14-11(9-15)10-16-13-6-3-2-5-12(13)14/h2-3,5-6,10H,4,7-8H2,1H3. The molecule has 0 N–H and O–H groups in total. The highest BCUT2D eigenvalue weighted by Gasteiger charge is 2.09. The Morgan fingerprint density at radius 2 is 2.11 bits per heavy atom. The number of benzene rings is 1. The molecule has 0 fully saturated rings. The number of nitriles is 1. The summed E-state index contributed by atoms with van der Waals surface area (Å²) in [7, 11) is 1.66. The number of rotatable bonds is 5. The number of hydrogen-bond acceptors (Lipinski definition) is 4. The van der Waals surface area contributed by atoms with E-state index in [4.69, 9.17) is 14.7 Å². The SMILES string of the molecule is COCCCOc1c(C#N)cnc2ccccc12. The van der Waals surface area contributed by atoms with E-state index in [0.29, 0.717) is 24.5 Å². The minimum absolute atomic E-state index is 0.464. The maximum atomic E-state index is 9.09. The van der Waals surface area contributed by atoms with E-state index >= 15 is 0 Å². The zero-order valence-corrected chi connectivity index (χ0v) is 10.2. The molecule has 0 spiro atoms. The van der Waals surface area contributed by atoms with Gasteiger partial charge in [0, 0.05) is 31.7 Å². The van der Waals surface area contributed by atoms with Crippen LogP contribution >= 0.6 is 0 Å². The van der Waals surface area contributed by atoms with Crippen molar-refractivity contribution in [2.75, 3.05) is 20.3 Å². The van der Waals surface area contributed by atoms with Crippen molar-refractivity contribution in [3.63, 3.8) is 0 Å². The fourth-order valence-electron chi connectivity index (χ4n) is 1.73. The summed E-state index contributed by atoms with van der Waals surface area (Å²) in [5.74, 6) is 0.610. The predicted octanol–water partition coefficient (Wildman–Crippen LogP) is 2.52. The summed E-state index contributed by atoms with van der Waals surface area (Å²) >= 11 is 0. The van der Waals surface area contributed by atoms with Crippen molar-refractivity contribution in [3.8, 4) is 11.8 Å². The third kappa shape index (κ3) is 2.58. The lowest BCUT2D eigenvalue weighted by Gasteiger charge is -2.10. The average molecular weight is 242 g/mol. The lowest BCUT2D eigenvalue weighted by molar-refractivity contribution is 0.172. The summed E-state index contributed by atoms with van der Waals surface area (Å²) in [5.41, 5.74) is 1.30. The summed E-state index contributed by atoms with van der Waals surface area (Å²) in [4.78, 5) is 4.23. The van der Waals surface area contributed by atoms with Crippen LogP contribution in [0.5, 0.6) is 5.75 Å². The van der Waals surface area contributed by atoms with Crippen LogP contribution in [0.25, 0.3) is 10.9 Å². The molecule has 1 aromatic heterocycles. The van der Waals surface area contributed by atoms with Crippen molar-refractivity contribution in [2.24, 2.45) is 0 Å². The Morgan fingerprint density at radius 3 is 2.89 bits per heavy atom. The van der Waals surface area contributed by atoms with Crippen LogP contribution in [0.3, 0.4) is 0 Å². The minimum atomic E-state index is 0.464. The first-order chi connectivity index (χ1) is 8.86. The summed E-state index contributed by atoms with van der Waals surface area (Å²) in [6.07, 6.45) is 2.34. The van der Waals surface area contributed by atoms with Gasteiger partial charge in [-0.2, -0.15) is 5.26 Å². The van der Waals surface area contributed by atoms with E-state index in [-0.39, 0.29) is 0 Å². The highest BCUT2D eigenvalue weighted by Crippen LogP contribution is 2.27. The Balaban J connectivity index is 2.30. The van der Waals surface area contributed by atoms with Crippen LogP contribution in [0.4, 0.5) is 0 Å². The van der Waals surface area contributed by atoms with Gasteiger partial charge in [0.25, 0.3) is 0 Å². The molecular formula is C14H14N2O2. The molecule has 0 saturated heterocycles. The lowest BCUT2D eigenvalue weighted by Crippen LogP contribution is -2.03. The maximum absolute atomic E-state index is 9.09. The van der Waals surface area contributed by atoms with Gasteiger partial charge >= 0.3 is 0 Å². The maximum Gasteiger partial charge on any atom is 0.148 e. The molecule has 0 amide bonds. The monoisotopic (exact) mass is 242 g/mol. The topological polar surface area (TPSA) is 55.1 Å². The molecule has 0 atom stereocenters. The Hall–Kier alpha value is -2.12. The van der Waals surface area contributed by atoms with Gasteiger partial charge in [-0.3, -0.25) is 4.98 Å². The number of ether oxygens (including phenoxy) is 2. The first-order valence-corrected chi connectivity index (χ1v) is 5.76. The first-order valence-electron chi connectivity index (χ1n) is 5.76. The van der Waals surface area contributed by atoms with E-state index < -0.39 is 0 Å². The quantitative estimate of drug-likeness (QED) is 0.756. The predicted molar refractivity (Wildman–Crippen MR) is 68.4 cm³/mol. The van der Waals surface area contributed by atoms with Crippen LogP contribution in [0.2, 0.25) is 0 Å². The molecule has 0 aliphatic heterocycles. The molecule has 1 aromatic carbocycles. The second kappa shape index (κ2) is 5.99. The molecule has 0 saturated carbocycles. The third-order valence-corrected chi connectivity index (χ3v) is 2.59. The van der Waals surface area contributed by atoms with Crippen molar-refractivity contribution in [2.45, 2.75) is 6.42 Å². The molecule has 0 aliphatic rings. The van der Waals surface area contributed by atoms with Gasteiger partial charge in [-0.05, 0) is 12.1 Å².